The fraction of sp³-hybridized carbons (Fsp3) is 1.00. The van der Waals surface area contributed by atoms with E-state index >= 15 is 0 Å². The first-order chi connectivity index (χ1) is 11.0. The van der Waals surface area contributed by atoms with Crippen LogP contribution in [-0.4, -0.2) is 11.6 Å². The topological polar surface area (TPSA) is 36.9 Å². The number of hydrogen-bond donors (Lipinski definition) is 0. The molecule has 0 aromatic rings. The molecule has 4 nitrogen and oxygen atoms in total. The highest BCUT2D eigenvalue weighted by Gasteiger charge is 2.68. The van der Waals surface area contributed by atoms with Crippen molar-refractivity contribution in [1.82, 2.24) is 0 Å². The van der Waals surface area contributed by atoms with E-state index in [1.165, 1.54) is 12.8 Å². The summed E-state index contributed by atoms with van der Waals surface area (Å²) in [6.07, 6.45) is 4.46. The van der Waals surface area contributed by atoms with E-state index in [-0.39, 0.29) is 22.7 Å². The molecule has 24 heavy (non-hydrogen) atoms. The number of hydrogen-bond acceptors (Lipinski definition) is 4. The third-order valence-corrected chi connectivity index (χ3v) is 8.20. The zero-order valence-corrected chi connectivity index (χ0v) is 16.8. The summed E-state index contributed by atoms with van der Waals surface area (Å²) < 4.78 is 0. The van der Waals surface area contributed by atoms with Crippen molar-refractivity contribution >= 4 is 0 Å². The first-order valence-electron chi connectivity index (χ1n) is 9.75. The summed E-state index contributed by atoms with van der Waals surface area (Å²) in [5.74, 6) is -0.281. The summed E-state index contributed by atoms with van der Waals surface area (Å²) in [4.78, 5) is 24.8. The van der Waals surface area contributed by atoms with Gasteiger partial charge in [-0.2, -0.15) is 19.6 Å². The van der Waals surface area contributed by atoms with E-state index in [1.807, 2.05) is 0 Å². The van der Waals surface area contributed by atoms with Crippen LogP contribution in [0.15, 0.2) is 0 Å². The van der Waals surface area contributed by atoms with Crippen LogP contribution >= 0.6 is 0 Å². The normalized spacial score (nSPS) is 51.0. The molecule has 0 N–H and O–H groups in total. The SMILES string of the molecule is CC1CCC(C)C2(OOC3(OO2)C(C)CCC(C)C3(C)C)C1(C)C. The van der Waals surface area contributed by atoms with Gasteiger partial charge in [-0.3, -0.25) is 0 Å². The molecular formula is C20H36O4. The van der Waals surface area contributed by atoms with Gasteiger partial charge in [-0.1, -0.05) is 55.4 Å². The van der Waals surface area contributed by atoms with E-state index in [9.17, 15) is 0 Å². The van der Waals surface area contributed by atoms with Gasteiger partial charge >= 0.3 is 0 Å². The highest BCUT2D eigenvalue weighted by atomic mass is 17.4. The van der Waals surface area contributed by atoms with Crippen molar-refractivity contribution in [3.8, 4) is 0 Å². The Balaban J connectivity index is 1.91. The second kappa shape index (κ2) is 5.67. The van der Waals surface area contributed by atoms with E-state index < -0.39 is 11.6 Å². The lowest BCUT2D eigenvalue weighted by Crippen LogP contribution is -2.69. The third-order valence-electron chi connectivity index (χ3n) is 8.20. The summed E-state index contributed by atoms with van der Waals surface area (Å²) in [5, 5.41) is 0. The molecule has 0 radical (unpaired) electrons. The largest absolute Gasteiger partial charge is 0.241 e. The van der Waals surface area contributed by atoms with Crippen LogP contribution < -0.4 is 0 Å². The Labute approximate surface area is 147 Å². The van der Waals surface area contributed by atoms with Gasteiger partial charge in [-0.15, -0.1) is 0 Å². The van der Waals surface area contributed by atoms with Crippen LogP contribution in [0.3, 0.4) is 0 Å². The fourth-order valence-electron chi connectivity index (χ4n) is 5.09. The van der Waals surface area contributed by atoms with Gasteiger partial charge in [0.05, 0.1) is 0 Å². The zero-order valence-electron chi connectivity index (χ0n) is 16.8. The maximum Gasteiger partial charge on any atom is 0.241 e. The molecule has 0 amide bonds. The van der Waals surface area contributed by atoms with E-state index in [2.05, 4.69) is 55.4 Å². The number of rotatable bonds is 0. The molecule has 4 atom stereocenters. The molecule has 2 aliphatic carbocycles. The molecule has 1 saturated heterocycles. The van der Waals surface area contributed by atoms with Crippen LogP contribution in [0.2, 0.25) is 0 Å². The van der Waals surface area contributed by atoms with Gasteiger partial charge < -0.3 is 0 Å². The lowest BCUT2D eigenvalue weighted by Gasteiger charge is -2.61. The van der Waals surface area contributed by atoms with Crippen molar-refractivity contribution in [3.63, 3.8) is 0 Å². The average Bonchev–Trinajstić information content (AvgIpc) is 2.53. The van der Waals surface area contributed by atoms with Crippen LogP contribution in [0.1, 0.15) is 81.1 Å². The molecule has 2 saturated carbocycles. The van der Waals surface area contributed by atoms with Crippen molar-refractivity contribution in [2.75, 3.05) is 0 Å². The zero-order chi connectivity index (χ0) is 18.0. The summed E-state index contributed by atoms with van der Waals surface area (Å²) in [7, 11) is 0. The first kappa shape index (κ1) is 18.6. The molecule has 1 heterocycles. The second-order valence-electron chi connectivity index (χ2n) is 9.87. The van der Waals surface area contributed by atoms with Crippen molar-refractivity contribution in [3.05, 3.63) is 0 Å². The molecule has 1 aliphatic heterocycles. The van der Waals surface area contributed by atoms with Crippen LogP contribution in [0.25, 0.3) is 0 Å². The second-order valence-corrected chi connectivity index (χ2v) is 9.87. The lowest BCUT2D eigenvalue weighted by atomic mass is 9.61. The molecule has 3 fully saturated rings. The highest BCUT2D eigenvalue weighted by molar-refractivity contribution is 5.01. The minimum atomic E-state index is -0.841. The first-order valence-corrected chi connectivity index (χ1v) is 9.75. The molecule has 4 heteroatoms. The summed E-state index contributed by atoms with van der Waals surface area (Å²) in [6, 6.07) is 0. The molecule has 140 valence electrons. The smallest absolute Gasteiger partial charge is 0.194 e. The Morgan fingerprint density at radius 2 is 0.750 bits per heavy atom. The Morgan fingerprint density at radius 3 is 1.04 bits per heavy atom. The van der Waals surface area contributed by atoms with Gasteiger partial charge in [0.25, 0.3) is 0 Å². The average molecular weight is 341 g/mol. The molecule has 3 aliphatic rings. The molecule has 4 unspecified atom stereocenters. The van der Waals surface area contributed by atoms with E-state index in [1.54, 1.807) is 0 Å². The third kappa shape index (κ3) is 2.19. The minimum absolute atomic E-state index is 0.181. The van der Waals surface area contributed by atoms with Gasteiger partial charge in [0.2, 0.25) is 11.6 Å². The molecule has 2 spiro atoms. The van der Waals surface area contributed by atoms with Crippen LogP contribution in [0, 0.1) is 34.5 Å². The van der Waals surface area contributed by atoms with Crippen molar-refractivity contribution in [2.24, 2.45) is 34.5 Å². The predicted octanol–water partition coefficient (Wildman–Crippen LogP) is 5.47. The predicted molar refractivity (Wildman–Crippen MR) is 92.5 cm³/mol. The molecule has 0 aromatic heterocycles. The Hall–Kier alpha value is -0.160. The molecule has 0 aromatic carbocycles. The Bertz CT molecular complexity index is 432. The van der Waals surface area contributed by atoms with Gasteiger partial charge in [0, 0.05) is 22.7 Å². The van der Waals surface area contributed by atoms with Crippen LogP contribution in [-0.2, 0) is 19.6 Å². The lowest BCUT2D eigenvalue weighted by molar-refractivity contribution is -0.702. The molecule has 0 bridgehead atoms. The van der Waals surface area contributed by atoms with Crippen LogP contribution in [0.5, 0.6) is 0 Å². The maximum atomic E-state index is 6.20. The summed E-state index contributed by atoms with van der Waals surface area (Å²) in [5.41, 5.74) is -0.361. The standard InChI is InChI=1S/C20H36O4/c1-13-9-11-15(3)19(17(13,5)6)21-23-20(24-22-19)16(4)12-10-14(2)18(20,7)8/h13-16H,9-12H2,1-8H3. The van der Waals surface area contributed by atoms with Gasteiger partial charge in [0.15, 0.2) is 0 Å². The quantitative estimate of drug-likeness (QED) is 0.548. The van der Waals surface area contributed by atoms with Crippen molar-refractivity contribution in [2.45, 2.75) is 92.6 Å². The summed E-state index contributed by atoms with van der Waals surface area (Å²) in [6.45, 7) is 17.7. The maximum absolute atomic E-state index is 6.20. The van der Waals surface area contributed by atoms with E-state index in [0.29, 0.717) is 11.8 Å². The molecular weight excluding hydrogens is 304 g/mol. The monoisotopic (exact) mass is 340 g/mol. The van der Waals surface area contributed by atoms with Crippen molar-refractivity contribution < 1.29 is 19.6 Å². The van der Waals surface area contributed by atoms with E-state index in [0.717, 1.165) is 12.8 Å². The van der Waals surface area contributed by atoms with E-state index in [4.69, 9.17) is 19.6 Å². The van der Waals surface area contributed by atoms with Gasteiger partial charge in [-0.25, -0.2) is 0 Å². The fourth-order valence-corrected chi connectivity index (χ4v) is 5.09. The van der Waals surface area contributed by atoms with Gasteiger partial charge in [0.1, 0.15) is 0 Å². The highest BCUT2D eigenvalue weighted by Crippen LogP contribution is 2.60. The van der Waals surface area contributed by atoms with Gasteiger partial charge in [-0.05, 0) is 37.5 Å². The summed E-state index contributed by atoms with van der Waals surface area (Å²) >= 11 is 0. The Morgan fingerprint density at radius 1 is 0.500 bits per heavy atom. The minimum Gasteiger partial charge on any atom is -0.194 e. The van der Waals surface area contributed by atoms with Crippen molar-refractivity contribution in [1.29, 1.82) is 0 Å². The van der Waals surface area contributed by atoms with Crippen LogP contribution in [0.4, 0.5) is 0 Å². The molecule has 3 rings (SSSR count). The Kier molecular flexibility index (Phi) is 4.40.